The Morgan fingerprint density at radius 3 is 2.43 bits per heavy atom. The molecule has 21 heavy (non-hydrogen) atoms. The Balaban J connectivity index is 2.48. The van der Waals surface area contributed by atoms with Gasteiger partial charge < -0.3 is 15.3 Å². The van der Waals surface area contributed by atoms with Gasteiger partial charge in [-0.2, -0.15) is 0 Å². The van der Waals surface area contributed by atoms with Crippen LogP contribution in [0.5, 0.6) is 0 Å². The molecule has 0 atom stereocenters. The van der Waals surface area contributed by atoms with Gasteiger partial charge in [-0.1, -0.05) is 30.3 Å². The molecule has 5 heteroatoms. The summed E-state index contributed by atoms with van der Waals surface area (Å²) in [6, 6.07) is 11.7. The molecule has 5 nitrogen and oxygen atoms in total. The van der Waals surface area contributed by atoms with Crippen LogP contribution in [0.1, 0.15) is 13.8 Å². The molecule has 1 aromatic heterocycles. The number of anilines is 2. The van der Waals surface area contributed by atoms with E-state index < -0.39 is 5.54 Å². The summed E-state index contributed by atoms with van der Waals surface area (Å²) in [5, 5.41) is 12.6. The van der Waals surface area contributed by atoms with Gasteiger partial charge in [0.15, 0.2) is 5.82 Å². The van der Waals surface area contributed by atoms with Gasteiger partial charge in [-0.3, -0.25) is 0 Å². The number of rotatable bonds is 5. The Hall–Kier alpha value is -2.14. The molecule has 2 aromatic rings. The molecule has 0 unspecified atom stereocenters. The van der Waals surface area contributed by atoms with Crippen LogP contribution in [-0.2, 0) is 0 Å². The number of aromatic nitrogens is 2. The Morgan fingerprint density at radius 1 is 1.19 bits per heavy atom. The molecule has 0 saturated heterocycles. The first-order valence-corrected chi connectivity index (χ1v) is 6.95. The highest BCUT2D eigenvalue weighted by Gasteiger charge is 2.24. The highest BCUT2D eigenvalue weighted by Crippen LogP contribution is 2.25. The fourth-order valence-electron chi connectivity index (χ4n) is 1.87. The minimum atomic E-state index is -0.396. The van der Waals surface area contributed by atoms with Gasteiger partial charge >= 0.3 is 0 Å². The fourth-order valence-corrected chi connectivity index (χ4v) is 1.87. The molecule has 0 aliphatic heterocycles. The van der Waals surface area contributed by atoms with Crippen molar-refractivity contribution in [1.29, 1.82) is 0 Å². The van der Waals surface area contributed by atoms with E-state index in [0.717, 1.165) is 17.2 Å². The molecule has 1 aromatic carbocycles. The average molecular weight is 286 g/mol. The largest absolute Gasteiger partial charge is 0.394 e. The molecule has 0 amide bonds. The number of aliphatic hydroxyl groups excluding tert-OH is 1. The van der Waals surface area contributed by atoms with Crippen molar-refractivity contribution < 1.29 is 5.11 Å². The summed E-state index contributed by atoms with van der Waals surface area (Å²) in [5.41, 5.74) is 0.568. The number of benzene rings is 1. The van der Waals surface area contributed by atoms with Gasteiger partial charge in [-0.25, -0.2) is 9.97 Å². The van der Waals surface area contributed by atoms with Crippen molar-refractivity contribution in [3.8, 4) is 11.4 Å². The van der Waals surface area contributed by atoms with Gasteiger partial charge in [-0.05, 0) is 13.8 Å². The molecule has 112 valence electrons. The van der Waals surface area contributed by atoms with Crippen LogP contribution >= 0.6 is 0 Å². The molecule has 0 bridgehead atoms. The normalized spacial score (nSPS) is 11.3. The Kier molecular flexibility index (Phi) is 4.43. The van der Waals surface area contributed by atoms with E-state index in [2.05, 4.69) is 15.3 Å². The van der Waals surface area contributed by atoms with Crippen LogP contribution < -0.4 is 10.2 Å². The first kappa shape index (κ1) is 15.3. The van der Waals surface area contributed by atoms with E-state index in [9.17, 15) is 5.11 Å². The van der Waals surface area contributed by atoms with E-state index >= 15 is 0 Å². The smallest absolute Gasteiger partial charge is 0.163 e. The standard InChI is InChI=1S/C16H22N4O/c1-16(2,11-21)20(4)14-10-13(17-3)18-15(19-14)12-8-6-5-7-9-12/h5-10,21H,11H2,1-4H3,(H,17,18,19). The van der Waals surface area contributed by atoms with E-state index in [0.29, 0.717) is 5.82 Å². The number of nitrogens with zero attached hydrogens (tertiary/aromatic N) is 3. The van der Waals surface area contributed by atoms with E-state index in [1.54, 1.807) is 0 Å². The minimum Gasteiger partial charge on any atom is -0.394 e. The average Bonchev–Trinajstić information content (AvgIpc) is 2.54. The summed E-state index contributed by atoms with van der Waals surface area (Å²) in [5.74, 6) is 2.18. The van der Waals surface area contributed by atoms with Gasteiger partial charge in [-0.15, -0.1) is 0 Å². The van der Waals surface area contributed by atoms with Crippen LogP contribution in [0.3, 0.4) is 0 Å². The number of nitrogens with one attached hydrogen (secondary N) is 1. The van der Waals surface area contributed by atoms with Gasteiger partial charge in [0.25, 0.3) is 0 Å². The van der Waals surface area contributed by atoms with Crippen molar-refractivity contribution in [2.45, 2.75) is 19.4 Å². The molecule has 2 rings (SSSR count). The van der Waals surface area contributed by atoms with E-state index in [-0.39, 0.29) is 6.61 Å². The lowest BCUT2D eigenvalue weighted by Gasteiger charge is -2.35. The number of hydrogen-bond acceptors (Lipinski definition) is 5. The maximum Gasteiger partial charge on any atom is 0.163 e. The second kappa shape index (κ2) is 6.10. The van der Waals surface area contributed by atoms with E-state index in [4.69, 9.17) is 0 Å². The first-order valence-electron chi connectivity index (χ1n) is 6.95. The van der Waals surface area contributed by atoms with Gasteiger partial charge in [0.2, 0.25) is 0 Å². The third-order valence-electron chi connectivity index (χ3n) is 3.64. The van der Waals surface area contributed by atoms with Crippen molar-refractivity contribution in [2.75, 3.05) is 30.9 Å². The molecule has 0 aliphatic carbocycles. The van der Waals surface area contributed by atoms with Crippen LogP contribution in [-0.4, -0.2) is 41.3 Å². The third kappa shape index (κ3) is 3.31. The Morgan fingerprint density at radius 2 is 1.86 bits per heavy atom. The molecular weight excluding hydrogens is 264 g/mol. The summed E-state index contributed by atoms with van der Waals surface area (Å²) in [7, 11) is 3.75. The molecular formula is C16H22N4O. The van der Waals surface area contributed by atoms with E-state index in [1.165, 1.54) is 0 Å². The SMILES string of the molecule is CNc1cc(N(C)C(C)(C)CO)nc(-c2ccccc2)n1. The summed E-state index contributed by atoms with van der Waals surface area (Å²) < 4.78 is 0. The lowest BCUT2D eigenvalue weighted by molar-refractivity contribution is 0.215. The first-order chi connectivity index (χ1) is 9.97. The van der Waals surface area contributed by atoms with Crippen molar-refractivity contribution in [3.63, 3.8) is 0 Å². The predicted octanol–water partition coefficient (Wildman–Crippen LogP) is 2.39. The maximum atomic E-state index is 9.54. The zero-order valence-electron chi connectivity index (χ0n) is 13.0. The summed E-state index contributed by atoms with van der Waals surface area (Å²) in [4.78, 5) is 11.1. The topological polar surface area (TPSA) is 61.3 Å². The summed E-state index contributed by atoms with van der Waals surface area (Å²) in [6.45, 7) is 3.98. The van der Waals surface area contributed by atoms with Gasteiger partial charge in [0, 0.05) is 25.7 Å². The van der Waals surface area contributed by atoms with Crippen LogP contribution in [0.15, 0.2) is 36.4 Å². The molecule has 0 saturated carbocycles. The van der Waals surface area contributed by atoms with Crippen LogP contribution in [0.4, 0.5) is 11.6 Å². The van der Waals surface area contributed by atoms with Gasteiger partial charge in [0.1, 0.15) is 11.6 Å². The number of hydrogen-bond donors (Lipinski definition) is 2. The lowest BCUT2D eigenvalue weighted by atomic mass is 10.1. The van der Waals surface area contributed by atoms with Crippen LogP contribution in [0.2, 0.25) is 0 Å². The molecule has 0 spiro atoms. The number of likely N-dealkylation sites (N-methyl/N-ethyl adjacent to an activating group) is 1. The second-order valence-electron chi connectivity index (χ2n) is 5.58. The monoisotopic (exact) mass is 286 g/mol. The van der Waals surface area contributed by atoms with Crippen molar-refractivity contribution in [2.24, 2.45) is 0 Å². The zero-order valence-corrected chi connectivity index (χ0v) is 13.0. The molecule has 0 radical (unpaired) electrons. The molecule has 1 heterocycles. The predicted molar refractivity (Wildman–Crippen MR) is 86.6 cm³/mol. The zero-order chi connectivity index (χ0) is 15.5. The highest BCUT2D eigenvalue weighted by molar-refractivity contribution is 5.62. The third-order valence-corrected chi connectivity index (χ3v) is 3.64. The molecule has 2 N–H and O–H groups in total. The second-order valence-corrected chi connectivity index (χ2v) is 5.58. The minimum absolute atomic E-state index is 0.0447. The van der Waals surface area contributed by atoms with Crippen molar-refractivity contribution in [1.82, 2.24) is 9.97 Å². The Labute approximate surface area is 125 Å². The highest BCUT2D eigenvalue weighted by atomic mass is 16.3. The van der Waals surface area contributed by atoms with Crippen LogP contribution in [0, 0.1) is 0 Å². The quantitative estimate of drug-likeness (QED) is 0.883. The lowest BCUT2D eigenvalue weighted by Crippen LogP contribution is -2.44. The number of aliphatic hydroxyl groups is 1. The summed E-state index contributed by atoms with van der Waals surface area (Å²) in [6.07, 6.45) is 0. The van der Waals surface area contributed by atoms with Crippen molar-refractivity contribution in [3.05, 3.63) is 36.4 Å². The summed E-state index contributed by atoms with van der Waals surface area (Å²) >= 11 is 0. The Bertz CT molecular complexity index is 598. The fraction of sp³-hybridized carbons (Fsp3) is 0.375. The van der Waals surface area contributed by atoms with Crippen LogP contribution in [0.25, 0.3) is 11.4 Å². The van der Waals surface area contributed by atoms with Crippen molar-refractivity contribution >= 4 is 11.6 Å². The van der Waals surface area contributed by atoms with Gasteiger partial charge in [0.05, 0.1) is 12.1 Å². The maximum absolute atomic E-state index is 9.54. The van der Waals surface area contributed by atoms with E-state index in [1.807, 2.05) is 69.2 Å². The molecule has 0 fully saturated rings. The molecule has 0 aliphatic rings.